The van der Waals surface area contributed by atoms with E-state index >= 15 is 0 Å². The lowest BCUT2D eigenvalue weighted by molar-refractivity contribution is -0.141. The zero-order chi connectivity index (χ0) is 15.2. The zero-order valence-electron chi connectivity index (χ0n) is 10.8. The van der Waals surface area contributed by atoms with E-state index in [4.69, 9.17) is 5.73 Å². The SMILES string of the molecule is NC(=O)c1ccc(C(F)(F)F)nc1-n1ccc(C2CC2)n1. The first-order chi connectivity index (χ1) is 9.86. The summed E-state index contributed by atoms with van der Waals surface area (Å²) < 4.78 is 39.4. The summed E-state index contributed by atoms with van der Waals surface area (Å²) in [6, 6.07) is 3.46. The number of alkyl halides is 3. The molecule has 2 N–H and O–H groups in total. The Bertz CT molecular complexity index is 704. The number of amides is 1. The first-order valence-electron chi connectivity index (χ1n) is 6.30. The third kappa shape index (κ3) is 2.61. The molecule has 0 atom stereocenters. The Kier molecular flexibility index (Phi) is 2.96. The largest absolute Gasteiger partial charge is 0.433 e. The highest BCUT2D eigenvalue weighted by Gasteiger charge is 2.34. The van der Waals surface area contributed by atoms with Crippen LogP contribution >= 0.6 is 0 Å². The normalized spacial score (nSPS) is 15.2. The van der Waals surface area contributed by atoms with E-state index in [-0.39, 0.29) is 11.4 Å². The summed E-state index contributed by atoms with van der Waals surface area (Å²) >= 11 is 0. The Hall–Kier alpha value is -2.38. The predicted molar refractivity (Wildman–Crippen MR) is 66.9 cm³/mol. The van der Waals surface area contributed by atoms with Gasteiger partial charge in [0.25, 0.3) is 5.91 Å². The maximum Gasteiger partial charge on any atom is 0.433 e. The quantitative estimate of drug-likeness (QED) is 0.944. The van der Waals surface area contributed by atoms with Crippen molar-refractivity contribution in [1.29, 1.82) is 0 Å². The van der Waals surface area contributed by atoms with Crippen molar-refractivity contribution in [1.82, 2.24) is 14.8 Å². The fraction of sp³-hybridized carbons (Fsp3) is 0.308. The van der Waals surface area contributed by atoms with E-state index < -0.39 is 17.8 Å². The summed E-state index contributed by atoms with van der Waals surface area (Å²) in [6.07, 6.45) is -1.09. The van der Waals surface area contributed by atoms with Crippen molar-refractivity contribution in [3.63, 3.8) is 0 Å². The van der Waals surface area contributed by atoms with Gasteiger partial charge >= 0.3 is 6.18 Å². The van der Waals surface area contributed by atoms with Crippen molar-refractivity contribution >= 4 is 5.91 Å². The number of carbonyl (C=O) groups excluding carboxylic acids is 1. The van der Waals surface area contributed by atoms with Crippen LogP contribution in [0.25, 0.3) is 5.82 Å². The molecule has 1 amide bonds. The topological polar surface area (TPSA) is 73.8 Å². The molecule has 1 aliphatic carbocycles. The fourth-order valence-corrected chi connectivity index (χ4v) is 2.03. The highest BCUT2D eigenvalue weighted by atomic mass is 19.4. The van der Waals surface area contributed by atoms with Gasteiger partial charge in [0.15, 0.2) is 5.82 Å². The van der Waals surface area contributed by atoms with Crippen LogP contribution in [0.15, 0.2) is 24.4 Å². The number of halogens is 3. The van der Waals surface area contributed by atoms with Crippen LogP contribution in [0.3, 0.4) is 0 Å². The van der Waals surface area contributed by atoms with Crippen molar-refractivity contribution in [3.05, 3.63) is 41.3 Å². The molecule has 21 heavy (non-hydrogen) atoms. The summed E-state index contributed by atoms with van der Waals surface area (Å²) in [5.74, 6) is -0.715. The molecule has 2 aromatic rings. The smallest absolute Gasteiger partial charge is 0.365 e. The van der Waals surface area contributed by atoms with Gasteiger partial charge in [-0.2, -0.15) is 18.3 Å². The minimum absolute atomic E-state index is 0.103. The second kappa shape index (κ2) is 4.57. The van der Waals surface area contributed by atoms with Crippen LogP contribution in [0, 0.1) is 0 Å². The van der Waals surface area contributed by atoms with Gasteiger partial charge in [-0.25, -0.2) is 9.67 Å². The molecule has 0 spiro atoms. The molecule has 8 heteroatoms. The predicted octanol–water partition coefficient (Wildman–Crippen LogP) is 2.26. The number of hydrogen-bond acceptors (Lipinski definition) is 3. The van der Waals surface area contributed by atoms with Crippen LogP contribution in [0.5, 0.6) is 0 Å². The highest BCUT2D eigenvalue weighted by Crippen LogP contribution is 2.39. The van der Waals surface area contributed by atoms with Gasteiger partial charge in [-0.05, 0) is 31.0 Å². The van der Waals surface area contributed by atoms with Crippen molar-refractivity contribution in [2.75, 3.05) is 0 Å². The number of aromatic nitrogens is 3. The van der Waals surface area contributed by atoms with E-state index in [1.807, 2.05) is 0 Å². The lowest BCUT2D eigenvalue weighted by atomic mass is 10.2. The van der Waals surface area contributed by atoms with E-state index in [9.17, 15) is 18.0 Å². The summed E-state index contributed by atoms with van der Waals surface area (Å²) in [4.78, 5) is 14.9. The molecule has 3 rings (SSSR count). The van der Waals surface area contributed by atoms with Crippen LogP contribution in [-0.4, -0.2) is 20.7 Å². The molecular weight excluding hydrogens is 285 g/mol. The van der Waals surface area contributed by atoms with Crippen molar-refractivity contribution < 1.29 is 18.0 Å². The monoisotopic (exact) mass is 296 g/mol. The van der Waals surface area contributed by atoms with Gasteiger partial charge in [0.1, 0.15) is 5.69 Å². The van der Waals surface area contributed by atoms with E-state index in [2.05, 4.69) is 10.1 Å². The van der Waals surface area contributed by atoms with Gasteiger partial charge in [-0.15, -0.1) is 0 Å². The van der Waals surface area contributed by atoms with Crippen LogP contribution < -0.4 is 5.73 Å². The van der Waals surface area contributed by atoms with Crippen LogP contribution in [-0.2, 0) is 6.18 Å². The average Bonchev–Trinajstić information content (AvgIpc) is 3.15. The summed E-state index contributed by atoms with van der Waals surface area (Å²) in [5.41, 5.74) is 4.78. The van der Waals surface area contributed by atoms with E-state index in [0.717, 1.165) is 30.7 Å². The molecule has 2 aromatic heterocycles. The first-order valence-corrected chi connectivity index (χ1v) is 6.30. The minimum atomic E-state index is -4.60. The molecule has 0 bridgehead atoms. The van der Waals surface area contributed by atoms with Gasteiger partial charge in [-0.3, -0.25) is 4.79 Å². The van der Waals surface area contributed by atoms with Crippen molar-refractivity contribution in [3.8, 4) is 5.82 Å². The zero-order valence-corrected chi connectivity index (χ0v) is 10.8. The van der Waals surface area contributed by atoms with Crippen LogP contribution in [0.1, 0.15) is 40.5 Å². The Morgan fingerprint density at radius 1 is 1.29 bits per heavy atom. The fourth-order valence-electron chi connectivity index (χ4n) is 2.03. The number of carbonyl (C=O) groups is 1. The second-order valence-corrected chi connectivity index (χ2v) is 4.89. The van der Waals surface area contributed by atoms with E-state index in [0.29, 0.717) is 5.92 Å². The molecule has 2 heterocycles. The lowest BCUT2D eigenvalue weighted by Crippen LogP contribution is -2.19. The van der Waals surface area contributed by atoms with Crippen LogP contribution in [0.4, 0.5) is 13.2 Å². The summed E-state index contributed by atoms with van der Waals surface area (Å²) in [5, 5.41) is 4.19. The molecule has 1 aliphatic rings. The summed E-state index contributed by atoms with van der Waals surface area (Å²) in [7, 11) is 0. The van der Waals surface area contributed by atoms with Gasteiger partial charge in [0, 0.05) is 12.1 Å². The Morgan fingerprint density at radius 3 is 2.57 bits per heavy atom. The minimum Gasteiger partial charge on any atom is -0.365 e. The Balaban J connectivity index is 2.10. The van der Waals surface area contributed by atoms with Gasteiger partial charge < -0.3 is 5.73 Å². The van der Waals surface area contributed by atoms with Crippen LogP contribution in [0.2, 0.25) is 0 Å². The Morgan fingerprint density at radius 2 is 2.00 bits per heavy atom. The standard InChI is InChI=1S/C13H11F3N4O/c14-13(15,16)10-4-3-8(11(17)21)12(18-10)20-6-5-9(19-20)7-1-2-7/h3-7H,1-2H2,(H2,17,21). The first kappa shape index (κ1) is 13.6. The molecule has 1 fully saturated rings. The van der Waals surface area contributed by atoms with Gasteiger partial charge in [0.05, 0.1) is 11.3 Å². The maximum absolute atomic E-state index is 12.8. The number of rotatable bonds is 3. The number of primary amides is 1. The van der Waals surface area contributed by atoms with Crippen molar-refractivity contribution in [2.45, 2.75) is 24.9 Å². The van der Waals surface area contributed by atoms with E-state index in [1.165, 1.54) is 10.9 Å². The number of nitrogens with two attached hydrogens (primary N) is 1. The highest BCUT2D eigenvalue weighted by molar-refractivity contribution is 5.95. The summed E-state index contributed by atoms with van der Waals surface area (Å²) in [6.45, 7) is 0. The molecule has 0 saturated heterocycles. The molecule has 0 radical (unpaired) electrons. The third-order valence-corrected chi connectivity index (χ3v) is 3.25. The van der Waals surface area contributed by atoms with Gasteiger partial charge in [0.2, 0.25) is 0 Å². The molecule has 110 valence electrons. The molecule has 5 nitrogen and oxygen atoms in total. The Labute approximate surface area is 117 Å². The molecule has 1 saturated carbocycles. The third-order valence-electron chi connectivity index (χ3n) is 3.25. The van der Waals surface area contributed by atoms with Crippen molar-refractivity contribution in [2.24, 2.45) is 5.73 Å². The molecule has 0 aliphatic heterocycles. The maximum atomic E-state index is 12.8. The molecule has 0 aromatic carbocycles. The van der Waals surface area contributed by atoms with E-state index in [1.54, 1.807) is 6.07 Å². The molecular formula is C13H11F3N4O. The average molecular weight is 296 g/mol. The lowest BCUT2D eigenvalue weighted by Gasteiger charge is -2.10. The second-order valence-electron chi connectivity index (χ2n) is 4.89. The number of nitrogens with zero attached hydrogens (tertiary/aromatic N) is 3. The molecule has 0 unspecified atom stereocenters. The number of hydrogen-bond donors (Lipinski definition) is 1. The van der Waals surface area contributed by atoms with Gasteiger partial charge in [-0.1, -0.05) is 0 Å². The number of pyridine rings is 1.